The van der Waals surface area contributed by atoms with Gasteiger partial charge in [-0.05, 0) is 54.0 Å². The highest BCUT2D eigenvalue weighted by Crippen LogP contribution is 2.36. The first-order valence-corrected chi connectivity index (χ1v) is 5.48. The van der Waals surface area contributed by atoms with E-state index in [1.165, 1.54) is 14.7 Å². The van der Waals surface area contributed by atoms with Crippen LogP contribution in [0.1, 0.15) is 17.5 Å². The van der Waals surface area contributed by atoms with Crippen LogP contribution in [-0.4, -0.2) is 6.61 Å². The minimum atomic E-state index is 0.785. The minimum Gasteiger partial charge on any atom is -0.491 e. The standard InChI is InChI=1S/C10H12INO/c1-6-5-8(12)10-7(9(6)11)3-2-4-13-10/h5H,2-4,12H2,1H3. The van der Waals surface area contributed by atoms with Crippen molar-refractivity contribution in [2.75, 3.05) is 12.3 Å². The van der Waals surface area contributed by atoms with E-state index in [9.17, 15) is 0 Å². The largest absolute Gasteiger partial charge is 0.491 e. The summed E-state index contributed by atoms with van der Waals surface area (Å²) in [5.74, 6) is 0.918. The Hall–Kier alpha value is -0.450. The lowest BCUT2D eigenvalue weighted by molar-refractivity contribution is 0.289. The van der Waals surface area contributed by atoms with Gasteiger partial charge in [-0.15, -0.1) is 0 Å². The van der Waals surface area contributed by atoms with Gasteiger partial charge in [-0.3, -0.25) is 0 Å². The molecule has 2 nitrogen and oxygen atoms in total. The van der Waals surface area contributed by atoms with E-state index in [2.05, 4.69) is 29.5 Å². The Morgan fingerprint density at radius 2 is 2.31 bits per heavy atom. The van der Waals surface area contributed by atoms with E-state index in [4.69, 9.17) is 10.5 Å². The lowest BCUT2D eigenvalue weighted by Gasteiger charge is -2.21. The Bertz CT molecular complexity index is 349. The zero-order chi connectivity index (χ0) is 9.42. The van der Waals surface area contributed by atoms with Gasteiger partial charge in [0.15, 0.2) is 0 Å². The number of aryl methyl sites for hydroxylation is 1. The summed E-state index contributed by atoms with van der Waals surface area (Å²) in [5, 5.41) is 0. The van der Waals surface area contributed by atoms with Crippen LogP contribution in [0.5, 0.6) is 5.75 Å². The fourth-order valence-corrected chi connectivity index (χ4v) is 2.36. The van der Waals surface area contributed by atoms with Crippen molar-refractivity contribution in [1.29, 1.82) is 0 Å². The van der Waals surface area contributed by atoms with Gasteiger partial charge < -0.3 is 10.5 Å². The van der Waals surface area contributed by atoms with E-state index in [1.807, 2.05) is 6.07 Å². The molecule has 2 rings (SSSR count). The van der Waals surface area contributed by atoms with Crippen LogP contribution in [0.3, 0.4) is 0 Å². The van der Waals surface area contributed by atoms with Gasteiger partial charge in [0.1, 0.15) is 5.75 Å². The van der Waals surface area contributed by atoms with Gasteiger partial charge in [-0.2, -0.15) is 0 Å². The minimum absolute atomic E-state index is 0.785. The van der Waals surface area contributed by atoms with Crippen molar-refractivity contribution in [1.82, 2.24) is 0 Å². The number of nitrogens with two attached hydrogens (primary N) is 1. The third-order valence-corrected chi connectivity index (χ3v) is 3.84. The van der Waals surface area contributed by atoms with Gasteiger partial charge in [-0.1, -0.05) is 0 Å². The molecule has 1 aromatic rings. The smallest absolute Gasteiger partial charge is 0.146 e. The molecule has 0 aliphatic carbocycles. The fraction of sp³-hybridized carbons (Fsp3) is 0.400. The zero-order valence-electron chi connectivity index (χ0n) is 7.56. The molecule has 1 aliphatic rings. The summed E-state index contributed by atoms with van der Waals surface area (Å²) in [6.45, 7) is 2.89. The Morgan fingerprint density at radius 1 is 1.54 bits per heavy atom. The highest BCUT2D eigenvalue weighted by atomic mass is 127. The maximum Gasteiger partial charge on any atom is 0.146 e. The Balaban J connectivity index is 2.63. The quantitative estimate of drug-likeness (QED) is 0.588. The van der Waals surface area contributed by atoms with Crippen molar-refractivity contribution in [3.63, 3.8) is 0 Å². The first kappa shape index (κ1) is 9.12. The molecule has 0 spiro atoms. The maximum absolute atomic E-state index is 5.88. The predicted octanol–water partition coefficient (Wildman–Crippen LogP) is 2.51. The first-order valence-electron chi connectivity index (χ1n) is 4.40. The van der Waals surface area contributed by atoms with Gasteiger partial charge in [0.2, 0.25) is 0 Å². The van der Waals surface area contributed by atoms with Gasteiger partial charge >= 0.3 is 0 Å². The molecule has 1 heterocycles. The number of nitrogen functional groups attached to an aromatic ring is 1. The summed E-state index contributed by atoms with van der Waals surface area (Å²) in [6.07, 6.45) is 2.20. The third kappa shape index (κ3) is 1.49. The molecule has 0 aromatic heterocycles. The maximum atomic E-state index is 5.88. The van der Waals surface area contributed by atoms with Crippen LogP contribution in [0, 0.1) is 10.5 Å². The van der Waals surface area contributed by atoms with Crippen LogP contribution in [0.2, 0.25) is 0 Å². The molecule has 0 saturated heterocycles. The SMILES string of the molecule is Cc1cc(N)c2c(c1I)CCCO2. The van der Waals surface area contributed by atoms with Crippen molar-refractivity contribution in [3.8, 4) is 5.75 Å². The average Bonchev–Trinajstić information content (AvgIpc) is 2.15. The molecule has 0 bridgehead atoms. The molecule has 70 valence electrons. The summed E-state index contributed by atoms with van der Waals surface area (Å²) in [6, 6.07) is 1.99. The van der Waals surface area contributed by atoms with E-state index < -0.39 is 0 Å². The van der Waals surface area contributed by atoms with E-state index >= 15 is 0 Å². The number of ether oxygens (including phenoxy) is 1. The number of halogens is 1. The summed E-state index contributed by atoms with van der Waals surface area (Å²) in [7, 11) is 0. The molecule has 1 aliphatic heterocycles. The number of hydrogen-bond acceptors (Lipinski definition) is 2. The molecule has 2 N–H and O–H groups in total. The molecular formula is C10H12INO. The van der Waals surface area contributed by atoms with E-state index in [-0.39, 0.29) is 0 Å². The second-order valence-electron chi connectivity index (χ2n) is 3.36. The highest BCUT2D eigenvalue weighted by molar-refractivity contribution is 14.1. The second-order valence-corrected chi connectivity index (χ2v) is 4.44. The topological polar surface area (TPSA) is 35.2 Å². The number of anilines is 1. The normalized spacial score (nSPS) is 14.9. The summed E-state index contributed by atoms with van der Waals surface area (Å²) in [4.78, 5) is 0. The average molecular weight is 289 g/mol. The van der Waals surface area contributed by atoms with Crippen molar-refractivity contribution in [2.45, 2.75) is 19.8 Å². The molecule has 0 saturated carbocycles. The second kappa shape index (κ2) is 3.36. The lowest BCUT2D eigenvalue weighted by atomic mass is 10.0. The number of hydrogen-bond donors (Lipinski definition) is 1. The number of fused-ring (bicyclic) bond motifs is 1. The van der Waals surface area contributed by atoms with Gasteiger partial charge in [-0.25, -0.2) is 0 Å². The summed E-state index contributed by atoms with van der Waals surface area (Å²) in [5.41, 5.74) is 9.22. The summed E-state index contributed by atoms with van der Waals surface area (Å²) >= 11 is 2.37. The fourth-order valence-electron chi connectivity index (χ4n) is 1.69. The van der Waals surface area contributed by atoms with Crippen LogP contribution in [0.15, 0.2) is 6.07 Å². The molecule has 1 aromatic carbocycles. The Labute approximate surface area is 91.6 Å². The van der Waals surface area contributed by atoms with Crippen molar-refractivity contribution < 1.29 is 4.74 Å². The molecule has 0 amide bonds. The first-order chi connectivity index (χ1) is 6.20. The van der Waals surface area contributed by atoms with Crippen LogP contribution in [0.25, 0.3) is 0 Å². The Morgan fingerprint density at radius 3 is 3.08 bits per heavy atom. The molecule has 13 heavy (non-hydrogen) atoms. The highest BCUT2D eigenvalue weighted by Gasteiger charge is 2.17. The lowest BCUT2D eigenvalue weighted by Crippen LogP contribution is -2.12. The van der Waals surface area contributed by atoms with E-state index in [0.29, 0.717) is 0 Å². The van der Waals surface area contributed by atoms with Crippen LogP contribution in [0.4, 0.5) is 5.69 Å². The van der Waals surface area contributed by atoms with Crippen LogP contribution in [-0.2, 0) is 6.42 Å². The zero-order valence-corrected chi connectivity index (χ0v) is 9.72. The molecular weight excluding hydrogens is 277 g/mol. The third-order valence-electron chi connectivity index (χ3n) is 2.34. The van der Waals surface area contributed by atoms with E-state index in [1.54, 1.807) is 0 Å². The van der Waals surface area contributed by atoms with Gasteiger partial charge in [0.25, 0.3) is 0 Å². The van der Waals surface area contributed by atoms with Crippen molar-refractivity contribution in [2.24, 2.45) is 0 Å². The molecule has 3 heteroatoms. The molecule has 0 radical (unpaired) electrons. The predicted molar refractivity (Wildman–Crippen MR) is 62.1 cm³/mol. The van der Waals surface area contributed by atoms with Gasteiger partial charge in [0.05, 0.1) is 12.3 Å². The van der Waals surface area contributed by atoms with Crippen molar-refractivity contribution in [3.05, 3.63) is 20.8 Å². The molecule has 0 atom stereocenters. The summed E-state index contributed by atoms with van der Waals surface area (Å²) < 4.78 is 6.87. The van der Waals surface area contributed by atoms with Gasteiger partial charge in [0, 0.05) is 9.13 Å². The molecule has 0 unspecified atom stereocenters. The monoisotopic (exact) mass is 289 g/mol. The van der Waals surface area contributed by atoms with Crippen molar-refractivity contribution >= 4 is 28.3 Å². The van der Waals surface area contributed by atoms with E-state index in [0.717, 1.165) is 30.9 Å². The number of benzene rings is 1. The Kier molecular flexibility index (Phi) is 2.36. The molecule has 0 fully saturated rings. The number of rotatable bonds is 0. The van der Waals surface area contributed by atoms with Crippen LogP contribution < -0.4 is 10.5 Å². The van der Waals surface area contributed by atoms with Crippen LogP contribution >= 0.6 is 22.6 Å².